The molecule has 0 saturated heterocycles. The molecule has 0 amide bonds. The molecule has 9 heteroatoms. The Kier molecular flexibility index (Phi) is 6.12. The predicted molar refractivity (Wildman–Crippen MR) is 45.3 cm³/mol. The Balaban J connectivity index is 0.000000385. The van der Waals surface area contributed by atoms with Gasteiger partial charge in [0.05, 0.1) is 5.56 Å². The molecule has 1 rings (SSSR count). The number of carbonyl (C=O) groups is 1. The van der Waals surface area contributed by atoms with Gasteiger partial charge in [0.2, 0.25) is 0 Å². The van der Waals surface area contributed by atoms with Gasteiger partial charge in [-0.25, -0.2) is 4.79 Å². The van der Waals surface area contributed by atoms with Crippen molar-refractivity contribution < 1.29 is 44.4 Å². The molecule has 0 radical (unpaired) electrons. The van der Waals surface area contributed by atoms with Crippen molar-refractivity contribution in [3.05, 3.63) is 34.9 Å². The minimum absolute atomic E-state index is 0.222. The molecule has 7 nitrogen and oxygen atoms in total. The van der Waals surface area contributed by atoms with Gasteiger partial charge in [-0.2, -0.15) is 5.26 Å². The summed E-state index contributed by atoms with van der Waals surface area (Å²) in [6, 6.07) is 6.11. The first-order valence-corrected chi connectivity index (χ1v) is 5.90. The van der Waals surface area contributed by atoms with Gasteiger partial charge in [-0.05, 0) is 18.2 Å². The Labute approximate surface area is 97.1 Å². The fourth-order valence-corrected chi connectivity index (χ4v) is 0.858. The van der Waals surface area contributed by atoms with E-state index in [1.54, 1.807) is 12.1 Å². The summed E-state index contributed by atoms with van der Waals surface area (Å²) in [4.78, 5) is 14.1. The van der Waals surface area contributed by atoms with Gasteiger partial charge in [-0.15, -0.1) is 0 Å². The van der Waals surface area contributed by atoms with E-state index in [9.17, 15) is 4.79 Å². The molecule has 0 aliphatic carbocycles. The van der Waals surface area contributed by atoms with Crippen molar-refractivity contribution >= 4 is 17.6 Å². The Bertz CT molecular complexity index is 448. The molecule has 0 atom stereocenters. The quantitative estimate of drug-likeness (QED) is 0.394. The van der Waals surface area contributed by atoms with Gasteiger partial charge in [-0.3, -0.25) is 4.89 Å². The van der Waals surface area contributed by atoms with Crippen LogP contribution in [-0.2, 0) is 25.9 Å². The Hall–Kier alpha value is -1.02. The van der Waals surface area contributed by atoms with Crippen LogP contribution in [-0.4, -0.2) is 19.6 Å². The zero-order valence-electron chi connectivity index (χ0n) is 7.54. The van der Waals surface area contributed by atoms with Crippen LogP contribution in [0.5, 0.6) is 0 Å². The molecule has 0 fully saturated rings. The molecule has 0 aromatic heterocycles. The van der Waals surface area contributed by atoms with E-state index in [2.05, 4.69) is 4.89 Å². The summed E-state index contributed by atoms with van der Waals surface area (Å²) in [5.41, 5.74) is 0.222. The second kappa shape index (κ2) is 6.54. The second-order valence-electron chi connectivity index (χ2n) is 2.30. The second-order valence-corrected chi connectivity index (χ2v) is 4.04. The molecular formula is C7H7ClMnO7. The molecule has 0 saturated carbocycles. The summed E-state index contributed by atoms with van der Waals surface area (Å²) in [6.07, 6.45) is 0. The van der Waals surface area contributed by atoms with Gasteiger partial charge in [0.1, 0.15) is 0 Å². The molecule has 16 heavy (non-hydrogen) atoms. The molecule has 0 bridgehead atoms. The number of carbonyl (C=O) groups excluding carboxylic acids is 1. The van der Waals surface area contributed by atoms with Crippen LogP contribution in [0.4, 0.5) is 0 Å². The van der Waals surface area contributed by atoms with Gasteiger partial charge >= 0.3 is 35.4 Å². The average molecular weight is 294 g/mol. The topological polar surface area (TPSA) is 121 Å². The van der Waals surface area contributed by atoms with Crippen molar-refractivity contribution in [2.75, 3.05) is 0 Å². The molecule has 1 aromatic rings. The zero-order chi connectivity index (χ0) is 12.8. The van der Waals surface area contributed by atoms with E-state index in [-0.39, 0.29) is 5.56 Å². The maximum absolute atomic E-state index is 10.6. The fourth-order valence-electron chi connectivity index (χ4n) is 0.668. The fraction of sp³-hybridized carbons (Fsp3) is 0. The van der Waals surface area contributed by atoms with Crippen molar-refractivity contribution in [1.82, 2.24) is 0 Å². The van der Waals surface area contributed by atoms with Crippen LogP contribution in [0.3, 0.4) is 0 Å². The summed E-state index contributed by atoms with van der Waals surface area (Å²) >= 11 is 0.431. The van der Waals surface area contributed by atoms with E-state index in [1.807, 2.05) is 0 Å². The third kappa shape index (κ3) is 8.30. The molecule has 0 heterocycles. The summed E-state index contributed by atoms with van der Waals surface area (Å²) in [5.74, 6) is -0.813. The van der Waals surface area contributed by atoms with Gasteiger partial charge in [0.25, 0.3) is 0 Å². The molecule has 1 aromatic carbocycles. The van der Waals surface area contributed by atoms with E-state index in [4.69, 9.17) is 32.9 Å². The SMILES string of the molecule is O=C(OO)c1cccc(Cl)c1.[O]=[Mn](=[O])([OH])[OH]. The molecule has 91 valence electrons. The van der Waals surface area contributed by atoms with E-state index in [0.29, 0.717) is 5.02 Å². The number of rotatable bonds is 1. The number of benzene rings is 1. The normalized spacial score (nSPS) is 10.0. The Morgan fingerprint density at radius 2 is 1.81 bits per heavy atom. The van der Waals surface area contributed by atoms with Crippen LogP contribution >= 0.6 is 11.6 Å². The van der Waals surface area contributed by atoms with Crippen molar-refractivity contribution in [3.63, 3.8) is 0 Å². The Morgan fingerprint density at radius 3 is 2.19 bits per heavy atom. The first-order valence-electron chi connectivity index (χ1n) is 3.50. The van der Waals surface area contributed by atoms with Gasteiger partial charge in [0.15, 0.2) is 0 Å². The molecule has 0 aliphatic rings. The average Bonchev–Trinajstić information content (AvgIpc) is 2.14. The molecule has 0 spiro atoms. The van der Waals surface area contributed by atoms with Crippen LogP contribution in [0.1, 0.15) is 10.4 Å². The van der Waals surface area contributed by atoms with E-state index < -0.39 is 19.3 Å². The Morgan fingerprint density at radius 1 is 1.31 bits per heavy atom. The van der Waals surface area contributed by atoms with Gasteiger partial charge in [0, 0.05) is 5.02 Å². The standard InChI is InChI=1S/C7H5ClO3.Mn.2H2O.2O/c8-6-3-1-2-5(4-6)7(9)11-10;;;;;/h1-4,10H;;2*1H2;;/q;+2;;;;/p-2. The van der Waals surface area contributed by atoms with Crippen molar-refractivity contribution in [1.29, 1.82) is 0 Å². The zero-order valence-corrected chi connectivity index (χ0v) is 9.48. The third-order valence-corrected chi connectivity index (χ3v) is 1.38. The molecule has 0 unspecified atom stereocenters. The van der Waals surface area contributed by atoms with E-state index >= 15 is 0 Å². The maximum atomic E-state index is 10.6. The molecule has 3 N–H and O–H groups in total. The first kappa shape index (κ1) is 15.0. The number of halogens is 1. The number of hydrogen-bond donors (Lipinski definition) is 3. The van der Waals surface area contributed by atoms with Crippen LogP contribution in [0.25, 0.3) is 0 Å². The first-order chi connectivity index (χ1) is 7.24. The summed E-state index contributed by atoms with van der Waals surface area (Å²) in [6.45, 7) is 0. The van der Waals surface area contributed by atoms with Crippen LogP contribution in [0.2, 0.25) is 5.02 Å². The molecule has 0 aliphatic heterocycles. The van der Waals surface area contributed by atoms with E-state index in [1.165, 1.54) is 12.1 Å². The summed E-state index contributed by atoms with van der Waals surface area (Å²) in [5, 5.41) is 8.41. The van der Waals surface area contributed by atoms with Crippen LogP contribution in [0.15, 0.2) is 24.3 Å². The van der Waals surface area contributed by atoms with E-state index in [0.717, 1.165) is 0 Å². The van der Waals surface area contributed by atoms with Crippen molar-refractivity contribution in [2.24, 2.45) is 0 Å². The minimum atomic E-state index is -5.12. The monoisotopic (exact) mass is 293 g/mol. The van der Waals surface area contributed by atoms with Gasteiger partial charge in [-0.1, -0.05) is 17.7 Å². The summed E-state index contributed by atoms with van der Waals surface area (Å²) < 4.78 is 31.8. The van der Waals surface area contributed by atoms with Crippen molar-refractivity contribution in [3.8, 4) is 0 Å². The van der Waals surface area contributed by atoms with Crippen molar-refractivity contribution in [2.45, 2.75) is 0 Å². The van der Waals surface area contributed by atoms with Crippen LogP contribution < -0.4 is 0 Å². The summed E-state index contributed by atoms with van der Waals surface area (Å²) in [7, 11) is 0. The molecular weight excluding hydrogens is 286 g/mol. The predicted octanol–water partition coefficient (Wildman–Crippen LogP) is 0.616. The number of hydrogen-bond acceptors (Lipinski definition) is 5. The van der Waals surface area contributed by atoms with Gasteiger partial charge < -0.3 is 0 Å². The third-order valence-electron chi connectivity index (χ3n) is 1.14. The van der Waals surface area contributed by atoms with Crippen LogP contribution in [0, 0.1) is 0 Å².